The Kier molecular flexibility index (Phi) is 13.0. The van der Waals surface area contributed by atoms with Gasteiger partial charge in [0.15, 0.2) is 21.5 Å². The van der Waals surface area contributed by atoms with Crippen LogP contribution >= 0.6 is 22.8 Å². The molecule has 10 nitrogen and oxygen atoms in total. The van der Waals surface area contributed by atoms with Gasteiger partial charge in [-0.2, -0.15) is 0 Å². The fraction of sp³-hybridized carbons (Fsp3) is 1.00. The van der Waals surface area contributed by atoms with Gasteiger partial charge < -0.3 is 43.4 Å². The van der Waals surface area contributed by atoms with Gasteiger partial charge in [0.1, 0.15) is 12.6 Å². The van der Waals surface area contributed by atoms with Gasteiger partial charge in [0.05, 0.1) is 0 Å². The number of hydrogen-bond donors (Lipinski definition) is 5. The molecule has 0 aliphatic heterocycles. The number of rotatable bonds is 6. The monoisotopic (exact) mass is 708 g/mol. The van der Waals surface area contributed by atoms with Crippen LogP contribution in [0, 0.1) is 0 Å². The second kappa shape index (κ2) is 9.31. The first-order chi connectivity index (χ1) is 6.79. The Hall–Kier alpha value is 2.25. The van der Waals surface area contributed by atoms with Crippen molar-refractivity contribution in [2.75, 3.05) is 18.9 Å². The summed E-state index contributed by atoms with van der Waals surface area (Å²) in [5.74, 6) is 0. The van der Waals surface area contributed by atoms with Crippen LogP contribution < -0.4 is 14.7 Å². The van der Waals surface area contributed by atoms with E-state index in [-0.39, 0.29) is 54.6 Å². The van der Waals surface area contributed by atoms with Gasteiger partial charge in [0.2, 0.25) is 0 Å². The van der Waals surface area contributed by atoms with Crippen LogP contribution in [0.3, 0.4) is 0 Å². The molecule has 5 N–H and O–H groups in total. The van der Waals surface area contributed by atoms with E-state index in [1.807, 2.05) is 0 Å². The van der Waals surface area contributed by atoms with E-state index in [9.17, 15) is 23.5 Å². The summed E-state index contributed by atoms with van der Waals surface area (Å²) in [4.78, 5) is 54.1. The van der Waals surface area contributed by atoms with Crippen LogP contribution in [-0.4, -0.2) is 93.0 Å². The third kappa shape index (κ3) is 18.3. The number of hydrogen-bond acceptors (Lipinski definition) is 5. The SMILES string of the molecule is O=P([O-])(O)C[NH+](CP(=O)([O-])O)CP(=O)(O)O.[Tl+].[Tl]. The zero-order valence-corrected chi connectivity index (χ0v) is 20.6. The van der Waals surface area contributed by atoms with E-state index in [1.54, 1.807) is 0 Å². The first kappa shape index (κ1) is 25.2. The van der Waals surface area contributed by atoms with Crippen molar-refractivity contribution in [1.82, 2.24) is 0 Å². The molecule has 0 saturated carbocycles. The fourth-order valence-corrected chi connectivity index (χ4v) is 3.92. The zero-order valence-electron chi connectivity index (χ0n) is 8.95. The molecule has 2 atom stereocenters. The Bertz CT molecular complexity index is 314. The van der Waals surface area contributed by atoms with E-state index < -0.39 is 46.5 Å². The van der Waals surface area contributed by atoms with E-state index in [0.29, 0.717) is 0 Å². The molecule has 0 aromatic carbocycles. The Morgan fingerprint density at radius 2 is 1.11 bits per heavy atom. The second-order valence-electron chi connectivity index (χ2n) is 3.16. The molecular weight excluding hydrogens is 696 g/mol. The molecular formula is C3H11NO9P3Tl2. The smallest absolute Gasteiger partial charge is 0.775 e. The third-order valence-electron chi connectivity index (χ3n) is 1.28. The maximum Gasteiger partial charge on any atom is 1.00 e. The minimum absolute atomic E-state index is 0. The average Bonchev–Trinajstić information content (AvgIpc) is 1.70. The van der Waals surface area contributed by atoms with Crippen LogP contribution in [0.2, 0.25) is 0 Å². The van der Waals surface area contributed by atoms with Crippen molar-refractivity contribution in [1.29, 1.82) is 0 Å². The Morgan fingerprint density at radius 3 is 1.28 bits per heavy atom. The van der Waals surface area contributed by atoms with Crippen molar-refractivity contribution < 1.29 is 48.0 Å². The molecule has 18 heavy (non-hydrogen) atoms. The maximum atomic E-state index is 10.5. The van der Waals surface area contributed by atoms with Gasteiger partial charge in [-0.15, -0.1) is 0 Å². The molecule has 0 saturated heterocycles. The predicted octanol–water partition coefficient (Wildman–Crippen LogP) is -4.75. The van der Waals surface area contributed by atoms with Gasteiger partial charge in [-0.1, -0.05) is 0 Å². The standard InChI is InChI=1S/C3H12NO9P3.2Tl/c5-14(6,7)1-4(2-15(8,9)10)3-16(11,12)13;;/h1-3H2,(H2,5,6,7)(H2,8,9,10)(H2,11,12,13);;/q;;+1/p-1. The number of quaternary nitrogens is 1. The van der Waals surface area contributed by atoms with Gasteiger partial charge in [-0.3, -0.25) is 4.57 Å². The van der Waals surface area contributed by atoms with Gasteiger partial charge in [-0.25, -0.2) is 0 Å². The molecule has 0 aliphatic carbocycles. The molecule has 15 heteroatoms. The van der Waals surface area contributed by atoms with Gasteiger partial charge >= 0.3 is 34.9 Å². The third-order valence-corrected chi connectivity index (χ3v) is 3.83. The van der Waals surface area contributed by atoms with Crippen molar-refractivity contribution in [3.63, 3.8) is 0 Å². The van der Waals surface area contributed by atoms with E-state index in [1.165, 1.54) is 0 Å². The maximum absolute atomic E-state index is 10.5. The van der Waals surface area contributed by atoms with Crippen LogP contribution in [0.15, 0.2) is 0 Å². The minimum atomic E-state index is -4.90. The summed E-state index contributed by atoms with van der Waals surface area (Å²) in [6, 6.07) is 0. The summed E-state index contributed by atoms with van der Waals surface area (Å²) in [5.41, 5.74) is 0. The van der Waals surface area contributed by atoms with Crippen molar-refractivity contribution in [2.45, 2.75) is 0 Å². The number of nitrogens with one attached hydrogen (secondary N) is 1. The molecule has 2 unspecified atom stereocenters. The second-order valence-corrected chi connectivity index (χ2v) is 7.99. The average molecular weight is 707 g/mol. The Morgan fingerprint density at radius 1 is 0.833 bits per heavy atom. The molecule has 0 fully saturated rings. The quantitative estimate of drug-likeness (QED) is 0.134. The van der Waals surface area contributed by atoms with Crippen LogP contribution in [0.25, 0.3) is 0 Å². The molecule has 0 aromatic heterocycles. The topological polar surface area (TPSA) is 183 Å². The molecule has 103 valence electrons. The van der Waals surface area contributed by atoms with Gasteiger partial charge in [-0.05, 0) is 0 Å². The van der Waals surface area contributed by atoms with Crippen molar-refractivity contribution in [3.8, 4) is 0 Å². The molecule has 0 spiro atoms. The van der Waals surface area contributed by atoms with Crippen LogP contribution in [0.1, 0.15) is 0 Å². The van der Waals surface area contributed by atoms with Crippen molar-refractivity contribution in [3.05, 3.63) is 0 Å². The van der Waals surface area contributed by atoms with Gasteiger partial charge in [0.25, 0.3) is 0 Å². The first-order valence-electron chi connectivity index (χ1n) is 3.72. The molecule has 0 rings (SSSR count). The summed E-state index contributed by atoms with van der Waals surface area (Å²) >= 11 is 0. The summed E-state index contributed by atoms with van der Waals surface area (Å²) in [7, 11) is -14.5. The molecule has 0 bridgehead atoms. The van der Waals surface area contributed by atoms with Crippen LogP contribution in [-0.2, 0) is 13.7 Å². The summed E-state index contributed by atoms with van der Waals surface area (Å²) < 4.78 is 31.4. The molecule has 0 aromatic rings. The Balaban J connectivity index is -0.00000112. The molecule has 0 amide bonds. The summed E-state index contributed by atoms with van der Waals surface area (Å²) in [5, 5.41) is 0. The van der Waals surface area contributed by atoms with Crippen LogP contribution in [0.4, 0.5) is 0 Å². The summed E-state index contributed by atoms with van der Waals surface area (Å²) in [6.07, 6.45) is -3.54. The van der Waals surface area contributed by atoms with E-state index in [4.69, 9.17) is 19.6 Å². The van der Waals surface area contributed by atoms with E-state index >= 15 is 0 Å². The van der Waals surface area contributed by atoms with E-state index in [2.05, 4.69) is 0 Å². The largest absolute Gasteiger partial charge is 1.00 e. The molecule has 0 aliphatic rings. The fourth-order valence-electron chi connectivity index (χ4n) is 1.01. The van der Waals surface area contributed by atoms with Crippen molar-refractivity contribution >= 4 is 77.4 Å². The summed E-state index contributed by atoms with van der Waals surface area (Å²) in [6.45, 7) is 0. The zero-order chi connectivity index (χ0) is 13.2. The van der Waals surface area contributed by atoms with E-state index in [0.717, 1.165) is 0 Å². The molecule has 1 radical (unpaired) electrons. The Labute approximate surface area is 143 Å². The predicted molar refractivity (Wildman–Crippen MR) is 58.8 cm³/mol. The molecule has 0 heterocycles. The first-order valence-corrected chi connectivity index (χ1v) is 9.05. The van der Waals surface area contributed by atoms with Crippen molar-refractivity contribution in [2.24, 2.45) is 0 Å². The van der Waals surface area contributed by atoms with Gasteiger partial charge in [0, 0.05) is 27.3 Å². The minimum Gasteiger partial charge on any atom is -0.775 e. The normalized spacial score (nSPS) is 19.7. The van der Waals surface area contributed by atoms with Crippen LogP contribution in [0.5, 0.6) is 0 Å².